The van der Waals surface area contributed by atoms with Crippen LogP contribution in [0, 0.1) is 5.82 Å². The zero-order chi connectivity index (χ0) is 14.8. The van der Waals surface area contributed by atoms with Crippen molar-refractivity contribution in [1.82, 2.24) is 10.6 Å². The van der Waals surface area contributed by atoms with E-state index in [0.717, 1.165) is 6.07 Å². The van der Waals surface area contributed by atoms with Gasteiger partial charge in [-0.3, -0.25) is 9.59 Å². The maximum Gasteiger partial charge on any atom is 0.262 e. The molecule has 1 aromatic carbocycles. The van der Waals surface area contributed by atoms with Gasteiger partial charge in [0.1, 0.15) is 5.82 Å². The number of nitrogens with one attached hydrogen (secondary N) is 2. The molecule has 2 amide bonds. The lowest BCUT2D eigenvalue weighted by Gasteiger charge is -2.29. The molecule has 2 rings (SSSR count). The van der Waals surface area contributed by atoms with Crippen molar-refractivity contribution in [3.8, 4) is 0 Å². The summed E-state index contributed by atoms with van der Waals surface area (Å²) >= 11 is 5.70. The van der Waals surface area contributed by atoms with Gasteiger partial charge in [0.2, 0.25) is 5.60 Å². The third kappa shape index (κ3) is 3.08. The summed E-state index contributed by atoms with van der Waals surface area (Å²) in [6.45, 7) is 0.416. The quantitative estimate of drug-likeness (QED) is 0.720. The third-order valence-electron chi connectivity index (χ3n) is 3.13. The monoisotopic (exact) mass is 300 g/mol. The van der Waals surface area contributed by atoms with Gasteiger partial charge in [-0.1, -0.05) is 11.6 Å². The van der Waals surface area contributed by atoms with Crippen molar-refractivity contribution < 1.29 is 19.1 Å². The third-order valence-corrected chi connectivity index (χ3v) is 3.35. The smallest absolute Gasteiger partial charge is 0.262 e. The molecule has 0 spiro atoms. The Labute approximate surface area is 120 Å². The molecule has 1 heterocycles. The van der Waals surface area contributed by atoms with Gasteiger partial charge in [-0.15, -0.1) is 0 Å². The molecule has 20 heavy (non-hydrogen) atoms. The molecule has 1 saturated heterocycles. The number of amides is 2. The topological polar surface area (TPSA) is 78.4 Å². The summed E-state index contributed by atoms with van der Waals surface area (Å²) in [5.41, 5.74) is -1.61. The fourth-order valence-electron chi connectivity index (χ4n) is 2.06. The average Bonchev–Trinajstić information content (AvgIpc) is 2.38. The highest BCUT2D eigenvalue weighted by atomic mass is 35.5. The fourth-order valence-corrected chi connectivity index (χ4v) is 2.31. The minimum absolute atomic E-state index is 0.0219. The van der Waals surface area contributed by atoms with Crippen LogP contribution in [0.4, 0.5) is 4.39 Å². The summed E-state index contributed by atoms with van der Waals surface area (Å²) in [5, 5.41) is 15.1. The number of halogens is 2. The molecule has 5 nitrogen and oxygen atoms in total. The zero-order valence-electron chi connectivity index (χ0n) is 10.6. The lowest BCUT2D eigenvalue weighted by molar-refractivity contribution is -0.156. The van der Waals surface area contributed by atoms with Crippen molar-refractivity contribution in [3.63, 3.8) is 0 Å². The molecule has 7 heteroatoms. The van der Waals surface area contributed by atoms with Crippen molar-refractivity contribution in [2.24, 2.45) is 0 Å². The Morgan fingerprint density at radius 3 is 2.90 bits per heavy atom. The second-order valence-electron chi connectivity index (χ2n) is 4.68. The normalized spacial score (nSPS) is 22.2. The van der Waals surface area contributed by atoms with Gasteiger partial charge in [-0.25, -0.2) is 4.39 Å². The van der Waals surface area contributed by atoms with E-state index in [1.165, 1.54) is 12.1 Å². The number of rotatable bonds is 3. The average molecular weight is 301 g/mol. The van der Waals surface area contributed by atoms with Gasteiger partial charge < -0.3 is 15.7 Å². The van der Waals surface area contributed by atoms with Crippen LogP contribution >= 0.6 is 11.6 Å². The minimum atomic E-state index is -2.06. The maximum absolute atomic E-state index is 13.1. The van der Waals surface area contributed by atoms with Crippen LogP contribution in [0.5, 0.6) is 0 Å². The van der Waals surface area contributed by atoms with Gasteiger partial charge in [0.25, 0.3) is 11.8 Å². The van der Waals surface area contributed by atoms with Crippen LogP contribution in [-0.4, -0.2) is 29.1 Å². The van der Waals surface area contributed by atoms with E-state index in [2.05, 4.69) is 10.6 Å². The number of aliphatic hydroxyl groups is 1. The Hall–Kier alpha value is -1.66. The molecule has 1 atom stereocenters. The Bertz CT molecular complexity index is 532. The number of piperidine rings is 1. The van der Waals surface area contributed by atoms with Crippen LogP contribution in [0.3, 0.4) is 0 Å². The number of carbonyl (C=O) groups excluding carboxylic acids is 2. The first kappa shape index (κ1) is 14.7. The molecule has 1 aliphatic rings. The molecule has 0 aromatic heterocycles. The molecule has 1 aliphatic heterocycles. The Morgan fingerprint density at radius 1 is 1.50 bits per heavy atom. The van der Waals surface area contributed by atoms with E-state index in [0.29, 0.717) is 18.5 Å². The molecule has 0 aliphatic carbocycles. The number of benzene rings is 1. The first-order valence-corrected chi connectivity index (χ1v) is 6.53. The molecule has 108 valence electrons. The van der Waals surface area contributed by atoms with Crippen molar-refractivity contribution in [3.05, 3.63) is 34.6 Å². The zero-order valence-corrected chi connectivity index (χ0v) is 11.3. The molecule has 3 N–H and O–H groups in total. The summed E-state index contributed by atoms with van der Waals surface area (Å²) in [6.07, 6.45) is 0.579. The highest BCUT2D eigenvalue weighted by molar-refractivity contribution is 6.30. The van der Waals surface area contributed by atoms with Gasteiger partial charge in [0.15, 0.2) is 0 Å². The maximum atomic E-state index is 13.1. The summed E-state index contributed by atoms with van der Waals surface area (Å²) < 4.78 is 13.1. The Balaban J connectivity index is 2.03. The predicted octanol–water partition coefficient (Wildman–Crippen LogP) is 0.736. The van der Waals surface area contributed by atoms with Gasteiger partial charge in [0.05, 0.1) is 0 Å². The van der Waals surface area contributed by atoms with Crippen molar-refractivity contribution >= 4 is 23.4 Å². The van der Waals surface area contributed by atoms with Crippen LogP contribution in [0.25, 0.3) is 0 Å². The van der Waals surface area contributed by atoms with E-state index in [-0.39, 0.29) is 18.0 Å². The highest BCUT2D eigenvalue weighted by Crippen LogP contribution is 2.18. The lowest BCUT2D eigenvalue weighted by atomic mass is 9.92. The minimum Gasteiger partial charge on any atom is -0.372 e. The van der Waals surface area contributed by atoms with Gasteiger partial charge in [0, 0.05) is 18.1 Å². The van der Waals surface area contributed by atoms with Crippen molar-refractivity contribution in [1.29, 1.82) is 0 Å². The van der Waals surface area contributed by atoms with Gasteiger partial charge >= 0.3 is 0 Å². The van der Waals surface area contributed by atoms with Gasteiger partial charge in [-0.2, -0.15) is 0 Å². The summed E-state index contributed by atoms with van der Waals surface area (Å²) in [7, 11) is 0. The highest BCUT2D eigenvalue weighted by Gasteiger charge is 2.45. The molecular weight excluding hydrogens is 287 g/mol. The largest absolute Gasteiger partial charge is 0.372 e. The number of hydrogen-bond donors (Lipinski definition) is 3. The second-order valence-corrected chi connectivity index (χ2v) is 5.12. The van der Waals surface area contributed by atoms with E-state index >= 15 is 0 Å². The standard InChI is InChI=1S/C13H14ClFN2O3/c14-9-4-8(5-10(15)6-9)7-17-12(19)13(20)2-1-3-16-11(13)18/h4-6,20H,1-3,7H2,(H,16,18)(H,17,19). The Morgan fingerprint density at radius 2 is 2.25 bits per heavy atom. The van der Waals surface area contributed by atoms with Crippen LogP contribution < -0.4 is 10.6 Å². The number of hydrogen-bond acceptors (Lipinski definition) is 3. The molecule has 1 unspecified atom stereocenters. The first-order chi connectivity index (χ1) is 9.41. The molecular formula is C13H14ClFN2O3. The summed E-state index contributed by atoms with van der Waals surface area (Å²) in [6, 6.07) is 3.86. The van der Waals surface area contributed by atoms with Crippen molar-refractivity contribution in [2.45, 2.75) is 25.0 Å². The predicted molar refractivity (Wildman–Crippen MR) is 70.5 cm³/mol. The van der Waals surface area contributed by atoms with Crippen LogP contribution in [0.1, 0.15) is 18.4 Å². The fraction of sp³-hybridized carbons (Fsp3) is 0.385. The molecule has 1 aromatic rings. The second kappa shape index (κ2) is 5.76. The first-order valence-electron chi connectivity index (χ1n) is 6.16. The number of carbonyl (C=O) groups is 2. The van der Waals surface area contributed by atoms with Crippen LogP contribution in [-0.2, 0) is 16.1 Å². The van der Waals surface area contributed by atoms with E-state index in [1.807, 2.05) is 0 Å². The summed E-state index contributed by atoms with van der Waals surface area (Å²) in [5.74, 6) is -2.02. The molecule has 1 fully saturated rings. The molecule has 0 radical (unpaired) electrons. The van der Waals surface area contributed by atoms with E-state index in [4.69, 9.17) is 11.6 Å². The van der Waals surface area contributed by atoms with Crippen LogP contribution in [0.15, 0.2) is 18.2 Å². The SMILES string of the molecule is O=C1NCCCC1(O)C(=O)NCc1cc(F)cc(Cl)c1. The van der Waals surface area contributed by atoms with E-state index in [1.54, 1.807) is 0 Å². The lowest BCUT2D eigenvalue weighted by Crippen LogP contribution is -2.59. The summed E-state index contributed by atoms with van der Waals surface area (Å²) in [4.78, 5) is 23.5. The molecule has 0 saturated carbocycles. The van der Waals surface area contributed by atoms with E-state index in [9.17, 15) is 19.1 Å². The van der Waals surface area contributed by atoms with Crippen LogP contribution in [0.2, 0.25) is 5.02 Å². The van der Waals surface area contributed by atoms with E-state index < -0.39 is 23.2 Å². The van der Waals surface area contributed by atoms with Gasteiger partial charge in [-0.05, 0) is 36.6 Å². The molecule has 0 bridgehead atoms. The van der Waals surface area contributed by atoms with Crippen molar-refractivity contribution in [2.75, 3.05) is 6.54 Å². The Kier molecular flexibility index (Phi) is 4.25.